The van der Waals surface area contributed by atoms with Gasteiger partial charge < -0.3 is 0 Å². The van der Waals surface area contributed by atoms with Gasteiger partial charge in [-0.3, -0.25) is 14.9 Å². The molecule has 0 aliphatic heterocycles. The summed E-state index contributed by atoms with van der Waals surface area (Å²) in [4.78, 5) is 21.9. The van der Waals surface area contributed by atoms with Crippen LogP contribution in [0.2, 0.25) is 0 Å². The van der Waals surface area contributed by atoms with E-state index in [-0.39, 0.29) is 17.5 Å². The van der Waals surface area contributed by atoms with Crippen LogP contribution in [0.5, 0.6) is 0 Å². The molecule has 0 unspecified atom stereocenters. The summed E-state index contributed by atoms with van der Waals surface area (Å²) in [5.74, 6) is 0.00450. The van der Waals surface area contributed by atoms with Gasteiger partial charge in [-0.1, -0.05) is 12.1 Å². The second kappa shape index (κ2) is 5.17. The lowest BCUT2D eigenvalue weighted by atomic mass is 10.1. The van der Waals surface area contributed by atoms with Crippen molar-refractivity contribution in [3.8, 4) is 0 Å². The van der Waals surface area contributed by atoms with Crippen LogP contribution in [0.15, 0.2) is 23.3 Å². The summed E-state index contributed by atoms with van der Waals surface area (Å²) in [6.45, 7) is 3.39. The van der Waals surface area contributed by atoms with Crippen LogP contribution in [0.3, 0.4) is 0 Å². The first-order valence-electron chi connectivity index (χ1n) is 6.08. The SMILES string of the molecule is C/C(=N/NC(=O)C1CC1)c1ccc(C)c([N+](=O)[O-])c1. The number of carbonyl (C=O) groups excluding carboxylic acids is 1. The Labute approximate surface area is 110 Å². The van der Waals surface area contributed by atoms with Crippen molar-refractivity contribution in [2.45, 2.75) is 26.7 Å². The number of nitro groups is 1. The van der Waals surface area contributed by atoms with Crippen molar-refractivity contribution in [3.05, 3.63) is 39.4 Å². The van der Waals surface area contributed by atoms with Crippen LogP contribution in [0, 0.1) is 23.0 Å². The molecule has 1 N–H and O–H groups in total. The van der Waals surface area contributed by atoms with E-state index in [1.807, 2.05) is 0 Å². The first-order chi connectivity index (χ1) is 8.99. The molecule has 1 amide bonds. The number of amides is 1. The Morgan fingerprint density at radius 2 is 2.16 bits per heavy atom. The van der Waals surface area contributed by atoms with Crippen LogP contribution in [0.4, 0.5) is 5.69 Å². The quantitative estimate of drug-likeness (QED) is 0.512. The van der Waals surface area contributed by atoms with Gasteiger partial charge in [0.05, 0.1) is 10.6 Å². The van der Waals surface area contributed by atoms with E-state index in [9.17, 15) is 14.9 Å². The third kappa shape index (κ3) is 3.15. The van der Waals surface area contributed by atoms with Crippen molar-refractivity contribution >= 4 is 17.3 Å². The maximum Gasteiger partial charge on any atom is 0.272 e. The number of nitrogens with zero attached hydrogens (tertiary/aromatic N) is 2. The largest absolute Gasteiger partial charge is 0.273 e. The van der Waals surface area contributed by atoms with Crippen molar-refractivity contribution in [2.24, 2.45) is 11.0 Å². The Balaban J connectivity index is 2.15. The van der Waals surface area contributed by atoms with Gasteiger partial charge in [-0.25, -0.2) is 5.43 Å². The minimum Gasteiger partial charge on any atom is -0.273 e. The van der Waals surface area contributed by atoms with Gasteiger partial charge in [-0.2, -0.15) is 5.10 Å². The van der Waals surface area contributed by atoms with Gasteiger partial charge in [0, 0.05) is 23.1 Å². The van der Waals surface area contributed by atoms with Gasteiger partial charge in [-0.05, 0) is 26.7 Å². The third-order valence-electron chi connectivity index (χ3n) is 3.11. The van der Waals surface area contributed by atoms with Crippen LogP contribution in [0.1, 0.15) is 30.9 Å². The van der Waals surface area contributed by atoms with Crippen LogP contribution in [-0.2, 0) is 4.79 Å². The Kier molecular flexibility index (Phi) is 3.59. The second-order valence-electron chi connectivity index (χ2n) is 4.71. The van der Waals surface area contributed by atoms with E-state index in [2.05, 4.69) is 10.5 Å². The fraction of sp³-hybridized carbons (Fsp3) is 0.385. The highest BCUT2D eigenvalue weighted by Gasteiger charge is 2.29. The van der Waals surface area contributed by atoms with Crippen LogP contribution in [-0.4, -0.2) is 16.5 Å². The molecule has 0 atom stereocenters. The van der Waals surface area contributed by atoms with Gasteiger partial charge >= 0.3 is 0 Å². The smallest absolute Gasteiger partial charge is 0.272 e. The number of nitrogens with one attached hydrogen (secondary N) is 1. The average Bonchev–Trinajstić information content (AvgIpc) is 3.20. The molecule has 1 aromatic rings. The molecule has 0 heterocycles. The van der Waals surface area contributed by atoms with Crippen molar-refractivity contribution < 1.29 is 9.72 Å². The van der Waals surface area contributed by atoms with Crippen LogP contribution < -0.4 is 5.43 Å². The molecule has 0 radical (unpaired) electrons. The summed E-state index contributed by atoms with van der Waals surface area (Å²) in [5.41, 5.74) is 4.33. The minimum atomic E-state index is -0.422. The summed E-state index contributed by atoms with van der Waals surface area (Å²) < 4.78 is 0. The molecular formula is C13H15N3O3. The zero-order chi connectivity index (χ0) is 14.0. The molecule has 0 aromatic heterocycles. The van der Waals surface area contributed by atoms with Crippen molar-refractivity contribution in [1.82, 2.24) is 5.43 Å². The fourth-order valence-electron chi connectivity index (χ4n) is 1.67. The first-order valence-corrected chi connectivity index (χ1v) is 6.08. The van der Waals surface area contributed by atoms with Crippen molar-refractivity contribution in [3.63, 3.8) is 0 Å². The zero-order valence-electron chi connectivity index (χ0n) is 10.8. The fourth-order valence-corrected chi connectivity index (χ4v) is 1.67. The Morgan fingerprint density at radius 3 is 2.74 bits per heavy atom. The second-order valence-corrected chi connectivity index (χ2v) is 4.71. The lowest BCUT2D eigenvalue weighted by Crippen LogP contribution is -2.20. The van der Waals surface area contributed by atoms with Crippen LogP contribution >= 0.6 is 0 Å². The topological polar surface area (TPSA) is 84.6 Å². The predicted molar refractivity (Wildman–Crippen MR) is 70.9 cm³/mol. The maximum atomic E-state index is 11.4. The molecule has 0 saturated heterocycles. The lowest BCUT2D eigenvalue weighted by Gasteiger charge is -2.03. The standard InChI is InChI=1S/C13H15N3O3/c1-8-3-4-11(7-12(8)16(18)19)9(2)14-15-13(17)10-5-6-10/h3-4,7,10H,5-6H2,1-2H3,(H,15,17)/b14-9-. The van der Waals surface area contributed by atoms with Gasteiger partial charge in [0.2, 0.25) is 5.91 Å². The molecule has 1 saturated carbocycles. The molecule has 100 valence electrons. The Bertz CT molecular complexity index is 562. The first kappa shape index (κ1) is 13.2. The number of aryl methyl sites for hydroxylation is 1. The lowest BCUT2D eigenvalue weighted by molar-refractivity contribution is -0.385. The highest BCUT2D eigenvalue weighted by molar-refractivity contribution is 6.00. The maximum absolute atomic E-state index is 11.4. The molecule has 1 aliphatic carbocycles. The molecule has 0 spiro atoms. The molecular weight excluding hydrogens is 246 g/mol. The van der Waals surface area contributed by atoms with E-state index < -0.39 is 4.92 Å². The normalized spacial score (nSPS) is 15.2. The highest BCUT2D eigenvalue weighted by Crippen LogP contribution is 2.28. The molecule has 1 fully saturated rings. The van der Waals surface area contributed by atoms with E-state index in [1.165, 1.54) is 6.07 Å². The summed E-state index contributed by atoms with van der Waals surface area (Å²) in [6, 6.07) is 4.90. The molecule has 1 aliphatic rings. The summed E-state index contributed by atoms with van der Waals surface area (Å²) >= 11 is 0. The highest BCUT2D eigenvalue weighted by atomic mass is 16.6. The van der Waals surface area contributed by atoms with E-state index in [0.29, 0.717) is 16.8 Å². The van der Waals surface area contributed by atoms with Gasteiger partial charge in [-0.15, -0.1) is 0 Å². The summed E-state index contributed by atoms with van der Waals surface area (Å²) in [5, 5.41) is 14.8. The molecule has 6 heteroatoms. The number of hydrazone groups is 1. The van der Waals surface area contributed by atoms with E-state index in [1.54, 1.807) is 26.0 Å². The van der Waals surface area contributed by atoms with Gasteiger partial charge in [0.1, 0.15) is 0 Å². The van der Waals surface area contributed by atoms with E-state index in [0.717, 1.165) is 12.8 Å². The molecule has 6 nitrogen and oxygen atoms in total. The van der Waals surface area contributed by atoms with Gasteiger partial charge in [0.25, 0.3) is 5.69 Å². The van der Waals surface area contributed by atoms with Crippen molar-refractivity contribution in [1.29, 1.82) is 0 Å². The monoisotopic (exact) mass is 261 g/mol. The molecule has 2 rings (SSSR count). The minimum absolute atomic E-state index is 0.0561. The number of rotatable bonds is 4. The van der Waals surface area contributed by atoms with Crippen LogP contribution in [0.25, 0.3) is 0 Å². The number of benzene rings is 1. The average molecular weight is 261 g/mol. The number of hydrogen-bond donors (Lipinski definition) is 1. The van der Waals surface area contributed by atoms with Gasteiger partial charge in [0.15, 0.2) is 0 Å². The third-order valence-corrected chi connectivity index (χ3v) is 3.11. The molecule has 1 aromatic carbocycles. The number of carbonyl (C=O) groups is 1. The Morgan fingerprint density at radius 1 is 1.47 bits per heavy atom. The number of hydrogen-bond acceptors (Lipinski definition) is 4. The number of nitro benzene ring substituents is 1. The summed E-state index contributed by atoms with van der Waals surface area (Å²) in [6.07, 6.45) is 1.83. The van der Waals surface area contributed by atoms with Crippen molar-refractivity contribution in [2.75, 3.05) is 0 Å². The van der Waals surface area contributed by atoms with E-state index in [4.69, 9.17) is 0 Å². The van der Waals surface area contributed by atoms with E-state index >= 15 is 0 Å². The molecule has 19 heavy (non-hydrogen) atoms. The molecule has 0 bridgehead atoms. The zero-order valence-corrected chi connectivity index (χ0v) is 10.8. The Hall–Kier alpha value is -2.24. The predicted octanol–water partition coefficient (Wildman–Crippen LogP) is 2.15. The summed E-state index contributed by atoms with van der Waals surface area (Å²) in [7, 11) is 0.